The van der Waals surface area contributed by atoms with Crippen molar-refractivity contribution >= 4 is 18.1 Å². The average Bonchev–Trinajstić information content (AvgIpc) is 2.63. The molecule has 1 fully saturated rings. The number of nitrogens with zero attached hydrogens (tertiary/aromatic N) is 1. The Kier molecular flexibility index (Phi) is 5.69. The molecule has 0 aliphatic carbocycles. The highest BCUT2D eigenvalue weighted by Gasteiger charge is 2.28. The Morgan fingerprint density at radius 2 is 2.05 bits per heavy atom. The van der Waals surface area contributed by atoms with Crippen LogP contribution in [-0.2, 0) is 6.54 Å². The highest BCUT2D eigenvalue weighted by atomic mass is 35.5. The lowest BCUT2D eigenvalue weighted by molar-refractivity contribution is 0.185. The lowest BCUT2D eigenvalue weighted by Gasteiger charge is -2.30. The first-order valence-corrected chi connectivity index (χ1v) is 7.02. The molecule has 108 valence electrons. The Hall–Kier alpha value is -0.730. The van der Waals surface area contributed by atoms with E-state index in [0.29, 0.717) is 5.41 Å². The van der Waals surface area contributed by atoms with E-state index >= 15 is 0 Å². The SMILES string of the molecule is CC(C)(C)CC1CCCN1Cc1cccc(N)c1.Cl. The molecule has 19 heavy (non-hydrogen) atoms. The second kappa shape index (κ2) is 6.62. The molecule has 2 nitrogen and oxygen atoms in total. The van der Waals surface area contributed by atoms with Gasteiger partial charge in [0.05, 0.1) is 0 Å². The molecule has 1 heterocycles. The molecule has 0 aromatic heterocycles. The second-order valence-electron chi connectivity index (χ2n) is 6.78. The van der Waals surface area contributed by atoms with Crippen LogP contribution in [0.4, 0.5) is 5.69 Å². The van der Waals surface area contributed by atoms with E-state index in [9.17, 15) is 0 Å². The van der Waals surface area contributed by atoms with Crippen LogP contribution in [-0.4, -0.2) is 17.5 Å². The zero-order chi connectivity index (χ0) is 13.2. The number of halogens is 1. The number of anilines is 1. The summed E-state index contributed by atoms with van der Waals surface area (Å²) >= 11 is 0. The van der Waals surface area contributed by atoms with Crippen molar-refractivity contribution in [1.29, 1.82) is 0 Å². The molecule has 2 rings (SSSR count). The van der Waals surface area contributed by atoms with Gasteiger partial charge in [0.25, 0.3) is 0 Å². The zero-order valence-corrected chi connectivity index (χ0v) is 13.2. The van der Waals surface area contributed by atoms with Gasteiger partial charge >= 0.3 is 0 Å². The molecule has 0 amide bonds. The van der Waals surface area contributed by atoms with E-state index < -0.39 is 0 Å². The molecule has 1 aromatic rings. The van der Waals surface area contributed by atoms with Gasteiger partial charge in [0.15, 0.2) is 0 Å². The van der Waals surface area contributed by atoms with Gasteiger partial charge in [-0.1, -0.05) is 32.9 Å². The molecule has 1 saturated heterocycles. The molecular formula is C16H27ClN2. The Bertz CT molecular complexity index is 398. The summed E-state index contributed by atoms with van der Waals surface area (Å²) in [6, 6.07) is 9.04. The van der Waals surface area contributed by atoms with Crippen LogP contribution in [0.5, 0.6) is 0 Å². The van der Waals surface area contributed by atoms with E-state index in [-0.39, 0.29) is 12.4 Å². The Balaban J connectivity index is 0.00000180. The van der Waals surface area contributed by atoms with Crippen molar-refractivity contribution in [3.8, 4) is 0 Å². The van der Waals surface area contributed by atoms with Crippen LogP contribution < -0.4 is 5.73 Å². The normalized spacial score (nSPS) is 20.3. The number of likely N-dealkylation sites (tertiary alicyclic amines) is 1. The van der Waals surface area contributed by atoms with E-state index in [1.165, 1.54) is 31.4 Å². The maximum absolute atomic E-state index is 5.85. The molecule has 0 saturated carbocycles. The molecule has 3 heteroatoms. The van der Waals surface area contributed by atoms with Crippen molar-refractivity contribution in [3.05, 3.63) is 29.8 Å². The van der Waals surface area contributed by atoms with Crippen molar-refractivity contribution in [2.75, 3.05) is 12.3 Å². The fourth-order valence-electron chi connectivity index (χ4n) is 2.97. The molecule has 0 radical (unpaired) electrons. The van der Waals surface area contributed by atoms with Gasteiger partial charge in [0.2, 0.25) is 0 Å². The first-order valence-electron chi connectivity index (χ1n) is 7.02. The summed E-state index contributed by atoms with van der Waals surface area (Å²) in [5, 5.41) is 0. The number of hydrogen-bond acceptors (Lipinski definition) is 2. The molecule has 0 bridgehead atoms. The molecule has 1 aliphatic rings. The van der Waals surface area contributed by atoms with Crippen molar-refractivity contribution in [2.45, 2.75) is 52.6 Å². The van der Waals surface area contributed by atoms with Gasteiger partial charge in [-0.25, -0.2) is 0 Å². The number of hydrogen-bond donors (Lipinski definition) is 1. The van der Waals surface area contributed by atoms with Crippen LogP contribution >= 0.6 is 12.4 Å². The van der Waals surface area contributed by atoms with E-state index in [1.807, 2.05) is 6.07 Å². The predicted molar refractivity (Wildman–Crippen MR) is 85.6 cm³/mol. The first kappa shape index (κ1) is 16.3. The van der Waals surface area contributed by atoms with Gasteiger partial charge in [-0.3, -0.25) is 4.90 Å². The van der Waals surface area contributed by atoms with Crippen molar-refractivity contribution in [2.24, 2.45) is 5.41 Å². The largest absolute Gasteiger partial charge is 0.399 e. The monoisotopic (exact) mass is 282 g/mol. The first-order chi connectivity index (χ1) is 8.44. The summed E-state index contributed by atoms with van der Waals surface area (Å²) in [7, 11) is 0. The number of nitrogen functional groups attached to an aromatic ring is 1. The average molecular weight is 283 g/mol. The summed E-state index contributed by atoms with van der Waals surface area (Å²) in [4.78, 5) is 2.63. The molecule has 1 unspecified atom stereocenters. The van der Waals surface area contributed by atoms with Crippen LogP contribution in [0.1, 0.15) is 45.6 Å². The second-order valence-corrected chi connectivity index (χ2v) is 6.78. The highest BCUT2D eigenvalue weighted by molar-refractivity contribution is 5.85. The summed E-state index contributed by atoms with van der Waals surface area (Å²) in [5.41, 5.74) is 8.49. The topological polar surface area (TPSA) is 29.3 Å². The lowest BCUT2D eigenvalue weighted by Crippen LogP contribution is -2.32. The maximum atomic E-state index is 5.85. The van der Waals surface area contributed by atoms with E-state index in [4.69, 9.17) is 5.73 Å². The Morgan fingerprint density at radius 1 is 1.32 bits per heavy atom. The van der Waals surface area contributed by atoms with Gasteiger partial charge in [-0.15, -0.1) is 12.4 Å². The van der Waals surface area contributed by atoms with Crippen LogP contribution in [0.3, 0.4) is 0 Å². The fourth-order valence-corrected chi connectivity index (χ4v) is 2.97. The fraction of sp³-hybridized carbons (Fsp3) is 0.625. The third-order valence-electron chi connectivity index (χ3n) is 3.68. The quantitative estimate of drug-likeness (QED) is 0.846. The smallest absolute Gasteiger partial charge is 0.0317 e. The number of rotatable bonds is 3. The minimum absolute atomic E-state index is 0. The van der Waals surface area contributed by atoms with Gasteiger partial charge < -0.3 is 5.73 Å². The summed E-state index contributed by atoms with van der Waals surface area (Å²) in [6.07, 6.45) is 3.97. The van der Waals surface area contributed by atoms with Crippen LogP contribution in [0.2, 0.25) is 0 Å². The Morgan fingerprint density at radius 3 is 2.68 bits per heavy atom. The predicted octanol–water partition coefficient (Wildman–Crippen LogP) is 4.09. The third-order valence-corrected chi connectivity index (χ3v) is 3.68. The summed E-state index contributed by atoms with van der Waals surface area (Å²) in [6.45, 7) is 9.29. The van der Waals surface area contributed by atoms with Crippen LogP contribution in [0.15, 0.2) is 24.3 Å². The van der Waals surface area contributed by atoms with Crippen LogP contribution in [0.25, 0.3) is 0 Å². The molecule has 2 N–H and O–H groups in total. The van der Waals surface area contributed by atoms with Crippen molar-refractivity contribution < 1.29 is 0 Å². The third kappa shape index (κ3) is 5.04. The van der Waals surface area contributed by atoms with E-state index in [2.05, 4.69) is 43.9 Å². The Labute approximate surface area is 123 Å². The van der Waals surface area contributed by atoms with Crippen molar-refractivity contribution in [3.63, 3.8) is 0 Å². The van der Waals surface area contributed by atoms with E-state index in [0.717, 1.165) is 18.3 Å². The standard InChI is InChI=1S/C16H26N2.ClH/c1-16(2,3)11-15-8-5-9-18(15)12-13-6-4-7-14(17)10-13;/h4,6-7,10,15H,5,8-9,11-12,17H2,1-3H3;1H. The minimum atomic E-state index is 0. The van der Waals surface area contributed by atoms with Gasteiger partial charge in [0.1, 0.15) is 0 Å². The van der Waals surface area contributed by atoms with Gasteiger partial charge in [0, 0.05) is 18.3 Å². The molecule has 1 aliphatic heterocycles. The molecule has 0 spiro atoms. The van der Waals surface area contributed by atoms with Gasteiger partial charge in [-0.2, -0.15) is 0 Å². The molecule has 1 atom stereocenters. The zero-order valence-electron chi connectivity index (χ0n) is 12.4. The number of benzene rings is 1. The molecule has 1 aromatic carbocycles. The number of nitrogens with two attached hydrogens (primary N) is 1. The van der Waals surface area contributed by atoms with Crippen LogP contribution in [0, 0.1) is 5.41 Å². The van der Waals surface area contributed by atoms with Crippen molar-refractivity contribution in [1.82, 2.24) is 4.90 Å². The van der Waals surface area contributed by atoms with Gasteiger partial charge in [-0.05, 0) is 48.9 Å². The maximum Gasteiger partial charge on any atom is 0.0317 e. The lowest BCUT2D eigenvalue weighted by atomic mass is 9.87. The summed E-state index contributed by atoms with van der Waals surface area (Å²) in [5.74, 6) is 0. The summed E-state index contributed by atoms with van der Waals surface area (Å²) < 4.78 is 0. The van der Waals surface area contributed by atoms with E-state index in [1.54, 1.807) is 0 Å². The highest BCUT2D eigenvalue weighted by Crippen LogP contribution is 2.30. The molecular weight excluding hydrogens is 256 g/mol. The minimum Gasteiger partial charge on any atom is -0.399 e.